The van der Waals surface area contributed by atoms with Crippen molar-refractivity contribution in [3.63, 3.8) is 0 Å². The van der Waals surface area contributed by atoms with Gasteiger partial charge in [0.05, 0.1) is 18.3 Å². The molecular formula is C28H40N2O4Si. The summed E-state index contributed by atoms with van der Waals surface area (Å²) in [5, 5.41) is 10.1. The van der Waals surface area contributed by atoms with Gasteiger partial charge >= 0.3 is 5.97 Å². The zero-order valence-corrected chi connectivity index (χ0v) is 23.0. The smallest absolute Gasteiger partial charge is 0.339 e. The van der Waals surface area contributed by atoms with Gasteiger partial charge in [0, 0.05) is 37.7 Å². The van der Waals surface area contributed by atoms with Crippen LogP contribution >= 0.6 is 0 Å². The third-order valence-electron chi connectivity index (χ3n) is 7.04. The number of hydrogen-bond donors (Lipinski definition) is 2. The van der Waals surface area contributed by atoms with Crippen LogP contribution in [0.3, 0.4) is 0 Å². The number of H-pyrrole nitrogens is 1. The SMILES string of the molecule is CC1=C(C(=O)O)c2[nH]ccc2C(c2cc(C(C)C)ccc2OCC2CC2)N1COCC[Si](C)(C)C. The quantitative estimate of drug-likeness (QED) is 0.276. The van der Waals surface area contributed by atoms with Crippen molar-refractivity contribution in [3.8, 4) is 5.75 Å². The second-order valence-corrected chi connectivity index (χ2v) is 17.1. The number of ether oxygens (including phenoxy) is 2. The second kappa shape index (κ2) is 10.2. The molecular weight excluding hydrogens is 456 g/mol. The van der Waals surface area contributed by atoms with Crippen LogP contribution in [-0.4, -0.2) is 49.0 Å². The zero-order chi connectivity index (χ0) is 25.3. The Bertz CT molecular complexity index is 1090. The maximum Gasteiger partial charge on any atom is 0.339 e. The van der Waals surface area contributed by atoms with Gasteiger partial charge in [-0.1, -0.05) is 39.6 Å². The Hall–Kier alpha value is -2.51. The Morgan fingerprint density at radius 1 is 1.20 bits per heavy atom. The van der Waals surface area contributed by atoms with Gasteiger partial charge in [0.15, 0.2) is 0 Å². The third kappa shape index (κ3) is 5.84. The second-order valence-electron chi connectivity index (χ2n) is 11.5. The number of nitrogens with one attached hydrogen (secondary N) is 1. The van der Waals surface area contributed by atoms with Gasteiger partial charge < -0.3 is 24.5 Å². The number of benzene rings is 1. The molecule has 0 radical (unpaired) electrons. The molecule has 7 heteroatoms. The first-order valence-electron chi connectivity index (χ1n) is 12.8. The van der Waals surface area contributed by atoms with Crippen molar-refractivity contribution in [2.75, 3.05) is 19.9 Å². The molecule has 2 N–H and O–H groups in total. The molecule has 4 rings (SSSR count). The molecule has 6 nitrogen and oxygen atoms in total. The maximum absolute atomic E-state index is 12.3. The highest BCUT2D eigenvalue weighted by molar-refractivity contribution is 6.76. The van der Waals surface area contributed by atoms with Gasteiger partial charge in [0.2, 0.25) is 0 Å². The first-order chi connectivity index (χ1) is 16.6. The lowest BCUT2D eigenvalue weighted by Crippen LogP contribution is -2.36. The summed E-state index contributed by atoms with van der Waals surface area (Å²) in [4.78, 5) is 17.6. The summed E-state index contributed by atoms with van der Waals surface area (Å²) in [6.07, 6.45) is 4.29. The Kier molecular flexibility index (Phi) is 7.48. The molecule has 0 bridgehead atoms. The van der Waals surface area contributed by atoms with Crippen molar-refractivity contribution in [3.05, 3.63) is 58.5 Å². The Morgan fingerprint density at radius 3 is 2.57 bits per heavy atom. The highest BCUT2D eigenvalue weighted by Gasteiger charge is 2.37. The average Bonchev–Trinajstić information content (AvgIpc) is 3.49. The molecule has 0 spiro atoms. The molecule has 1 aromatic carbocycles. The minimum atomic E-state index is -1.24. The van der Waals surface area contributed by atoms with Crippen LogP contribution in [0.4, 0.5) is 0 Å². The van der Waals surface area contributed by atoms with E-state index in [-0.39, 0.29) is 6.04 Å². The van der Waals surface area contributed by atoms with Crippen LogP contribution < -0.4 is 4.74 Å². The fourth-order valence-corrected chi connectivity index (χ4v) is 5.34. The number of carbonyl (C=O) groups is 1. The van der Waals surface area contributed by atoms with Gasteiger partial charge in [-0.2, -0.15) is 0 Å². The first-order valence-corrected chi connectivity index (χ1v) is 16.5. The summed E-state index contributed by atoms with van der Waals surface area (Å²) in [5.74, 6) is 0.950. The fraction of sp³-hybridized carbons (Fsp3) is 0.536. The van der Waals surface area contributed by atoms with Crippen LogP contribution in [0.2, 0.25) is 25.7 Å². The van der Waals surface area contributed by atoms with Gasteiger partial charge in [-0.3, -0.25) is 0 Å². The van der Waals surface area contributed by atoms with Gasteiger partial charge in [-0.15, -0.1) is 0 Å². The molecule has 1 saturated carbocycles. The lowest BCUT2D eigenvalue weighted by atomic mass is 9.87. The molecule has 35 heavy (non-hydrogen) atoms. The summed E-state index contributed by atoms with van der Waals surface area (Å²) in [6.45, 7) is 15.0. The van der Waals surface area contributed by atoms with E-state index in [9.17, 15) is 9.90 Å². The molecule has 1 fully saturated rings. The van der Waals surface area contributed by atoms with Crippen LogP contribution in [0.5, 0.6) is 5.75 Å². The summed E-state index contributed by atoms with van der Waals surface area (Å²) in [7, 11) is -1.24. The minimum absolute atomic E-state index is 0.195. The Balaban J connectivity index is 1.76. The predicted molar refractivity (Wildman–Crippen MR) is 142 cm³/mol. The standard InChI is InChI=1S/C28H40N2O4Si/c1-18(2)21-9-10-24(34-16-20-7-8-20)23(15-21)27-22-11-12-29-26(22)25(28(31)32)19(3)30(27)17-33-13-14-35(4,5)6/h9-12,15,18,20,27,29H,7-8,13-14,16-17H2,1-6H3,(H,31,32). The molecule has 190 valence electrons. The van der Waals surface area contributed by atoms with Gasteiger partial charge in [0.25, 0.3) is 0 Å². The Labute approximate surface area is 210 Å². The molecule has 1 aliphatic heterocycles. The lowest BCUT2D eigenvalue weighted by molar-refractivity contribution is -0.130. The number of carboxylic acid groups (broad SMARTS) is 1. The van der Waals surface area contributed by atoms with Crippen LogP contribution in [-0.2, 0) is 9.53 Å². The van der Waals surface area contributed by atoms with Crippen molar-refractivity contribution in [2.45, 2.75) is 71.3 Å². The van der Waals surface area contributed by atoms with E-state index in [4.69, 9.17) is 9.47 Å². The van der Waals surface area contributed by atoms with Crippen molar-refractivity contribution >= 4 is 19.6 Å². The van der Waals surface area contributed by atoms with Crippen LogP contribution in [0.1, 0.15) is 68.0 Å². The fourth-order valence-electron chi connectivity index (χ4n) is 4.58. The van der Waals surface area contributed by atoms with E-state index in [0.29, 0.717) is 42.1 Å². The van der Waals surface area contributed by atoms with E-state index in [2.05, 4.69) is 61.6 Å². The molecule has 0 saturated heterocycles. The molecule has 1 unspecified atom stereocenters. The highest BCUT2D eigenvalue weighted by atomic mass is 28.3. The van der Waals surface area contributed by atoms with Crippen molar-refractivity contribution < 1.29 is 19.4 Å². The summed E-state index contributed by atoms with van der Waals surface area (Å²) >= 11 is 0. The first kappa shape index (κ1) is 25.6. The lowest BCUT2D eigenvalue weighted by Gasteiger charge is -2.39. The van der Waals surface area contributed by atoms with Crippen molar-refractivity contribution in [2.24, 2.45) is 5.92 Å². The molecule has 1 aliphatic carbocycles. The van der Waals surface area contributed by atoms with Crippen molar-refractivity contribution in [1.29, 1.82) is 0 Å². The van der Waals surface area contributed by atoms with Gasteiger partial charge in [-0.25, -0.2) is 4.79 Å². The maximum atomic E-state index is 12.3. The third-order valence-corrected chi connectivity index (χ3v) is 8.74. The van der Waals surface area contributed by atoms with Crippen LogP contribution in [0, 0.1) is 5.92 Å². The number of hydrogen-bond acceptors (Lipinski definition) is 4. The number of allylic oxidation sites excluding steroid dienone is 1. The van der Waals surface area contributed by atoms with E-state index in [1.54, 1.807) is 0 Å². The molecule has 1 aromatic heterocycles. The summed E-state index contributed by atoms with van der Waals surface area (Å²) in [6, 6.07) is 9.35. The minimum Gasteiger partial charge on any atom is -0.493 e. The summed E-state index contributed by atoms with van der Waals surface area (Å²) in [5.41, 5.74) is 4.92. The topological polar surface area (TPSA) is 74.8 Å². The van der Waals surface area contributed by atoms with E-state index >= 15 is 0 Å². The normalized spacial score (nSPS) is 18.3. The number of aromatic nitrogens is 1. The average molecular weight is 497 g/mol. The summed E-state index contributed by atoms with van der Waals surface area (Å²) < 4.78 is 12.6. The number of fused-ring (bicyclic) bond motifs is 1. The van der Waals surface area contributed by atoms with Gasteiger partial charge in [-0.05, 0) is 61.4 Å². The van der Waals surface area contributed by atoms with E-state index < -0.39 is 14.0 Å². The van der Waals surface area contributed by atoms with E-state index in [0.717, 1.165) is 29.5 Å². The number of aromatic amines is 1. The molecule has 2 aromatic rings. The number of rotatable bonds is 11. The number of carboxylic acids is 1. The molecule has 2 heterocycles. The van der Waals surface area contributed by atoms with Crippen LogP contribution in [0.25, 0.3) is 5.57 Å². The van der Waals surface area contributed by atoms with E-state index in [1.807, 2.05) is 19.2 Å². The van der Waals surface area contributed by atoms with E-state index in [1.165, 1.54) is 18.4 Å². The number of aliphatic carboxylic acids is 1. The molecule has 1 atom stereocenters. The Morgan fingerprint density at radius 2 is 1.94 bits per heavy atom. The monoisotopic (exact) mass is 496 g/mol. The van der Waals surface area contributed by atoms with Crippen molar-refractivity contribution in [1.82, 2.24) is 9.88 Å². The number of nitrogens with zero attached hydrogens (tertiary/aromatic N) is 1. The zero-order valence-electron chi connectivity index (χ0n) is 22.0. The predicted octanol–water partition coefficient (Wildman–Crippen LogP) is 6.46. The highest BCUT2D eigenvalue weighted by Crippen LogP contribution is 2.45. The van der Waals surface area contributed by atoms with Gasteiger partial charge in [0.1, 0.15) is 18.1 Å². The molecule has 0 amide bonds. The van der Waals surface area contributed by atoms with Crippen LogP contribution in [0.15, 0.2) is 36.2 Å². The largest absolute Gasteiger partial charge is 0.493 e. The molecule has 2 aliphatic rings.